The summed E-state index contributed by atoms with van der Waals surface area (Å²) in [4.78, 5) is 39.1. The number of ether oxygens (including phenoxy) is 1. The zero-order valence-corrected chi connectivity index (χ0v) is 19.3. The Bertz CT molecular complexity index is 1370. The van der Waals surface area contributed by atoms with E-state index in [1.54, 1.807) is 11.0 Å². The van der Waals surface area contributed by atoms with Gasteiger partial charge in [-0.25, -0.2) is 4.79 Å². The molecular weight excluding hydrogens is 452 g/mol. The van der Waals surface area contributed by atoms with Crippen LogP contribution in [0.2, 0.25) is 0 Å². The topological polar surface area (TPSA) is 92.7 Å². The molecule has 0 spiro atoms. The predicted molar refractivity (Wildman–Crippen MR) is 132 cm³/mol. The summed E-state index contributed by atoms with van der Waals surface area (Å²) in [5.74, 6) is 0.378. The molecule has 174 valence electrons. The number of carbonyl (C=O) groups is 2. The Morgan fingerprint density at radius 1 is 1.09 bits per heavy atom. The fourth-order valence-electron chi connectivity index (χ4n) is 5.03. The quantitative estimate of drug-likeness (QED) is 0.529. The number of fused-ring (bicyclic) bond motifs is 1. The zero-order chi connectivity index (χ0) is 23.2. The highest BCUT2D eigenvalue weighted by Gasteiger charge is 2.33. The molecule has 3 aliphatic heterocycles. The number of nitrogens with one attached hydrogen (secondary N) is 2. The number of benzene rings is 2. The van der Waals surface area contributed by atoms with Crippen molar-refractivity contribution in [3.05, 3.63) is 64.4 Å². The number of nitrogens with zero attached hydrogens (tertiary/aromatic N) is 2. The van der Waals surface area contributed by atoms with Crippen molar-refractivity contribution >= 4 is 46.0 Å². The van der Waals surface area contributed by atoms with Crippen molar-refractivity contribution < 1.29 is 14.3 Å². The average Bonchev–Trinajstić information content (AvgIpc) is 3.40. The van der Waals surface area contributed by atoms with Crippen LogP contribution in [0, 0.1) is 0 Å². The Labute approximate surface area is 200 Å². The van der Waals surface area contributed by atoms with Gasteiger partial charge in [0, 0.05) is 23.2 Å². The van der Waals surface area contributed by atoms with Gasteiger partial charge in [-0.15, -0.1) is 11.8 Å². The molecule has 0 radical (unpaired) electrons. The number of thioether (sulfide) groups is 1. The molecule has 9 heteroatoms. The second-order valence-corrected chi connectivity index (χ2v) is 9.87. The van der Waals surface area contributed by atoms with Gasteiger partial charge in [0.15, 0.2) is 0 Å². The lowest BCUT2D eigenvalue weighted by molar-refractivity contribution is -0.113. The van der Waals surface area contributed by atoms with Crippen LogP contribution in [0.15, 0.2) is 58.2 Å². The second kappa shape index (κ2) is 8.48. The Kier molecular flexibility index (Phi) is 5.30. The molecule has 3 aromatic rings. The largest absolute Gasteiger partial charge is 0.444 e. The maximum Gasteiger partial charge on any atom is 0.414 e. The lowest BCUT2D eigenvalue weighted by Gasteiger charge is -2.20. The van der Waals surface area contributed by atoms with Crippen molar-refractivity contribution in [2.45, 2.75) is 36.4 Å². The van der Waals surface area contributed by atoms with E-state index in [0.29, 0.717) is 18.8 Å². The molecule has 2 aromatic carbocycles. The predicted octanol–water partition coefficient (Wildman–Crippen LogP) is 3.50. The van der Waals surface area contributed by atoms with E-state index in [0.717, 1.165) is 52.1 Å². The zero-order valence-electron chi connectivity index (χ0n) is 18.5. The third kappa shape index (κ3) is 3.74. The van der Waals surface area contributed by atoms with Crippen LogP contribution in [-0.2, 0) is 16.1 Å². The number of rotatable bonds is 6. The van der Waals surface area contributed by atoms with Gasteiger partial charge in [-0.3, -0.25) is 14.5 Å². The summed E-state index contributed by atoms with van der Waals surface area (Å²) < 4.78 is 7.45. The first-order valence-corrected chi connectivity index (χ1v) is 12.5. The summed E-state index contributed by atoms with van der Waals surface area (Å²) in [5.41, 5.74) is 3.68. The molecule has 1 saturated heterocycles. The molecule has 2 amide bonds. The van der Waals surface area contributed by atoms with Gasteiger partial charge in [-0.1, -0.05) is 18.2 Å². The van der Waals surface area contributed by atoms with Crippen molar-refractivity contribution in [1.29, 1.82) is 0 Å². The molecule has 2 N–H and O–H groups in total. The molecule has 8 nitrogen and oxygen atoms in total. The number of hydrogen-bond acceptors (Lipinski definition) is 6. The Morgan fingerprint density at radius 3 is 2.91 bits per heavy atom. The molecule has 34 heavy (non-hydrogen) atoms. The summed E-state index contributed by atoms with van der Waals surface area (Å²) in [6.07, 6.45) is 1.06. The number of para-hydroxylation sites is 1. The van der Waals surface area contributed by atoms with E-state index in [1.165, 1.54) is 11.8 Å². The summed E-state index contributed by atoms with van der Waals surface area (Å²) in [7, 11) is 0. The van der Waals surface area contributed by atoms with E-state index in [1.807, 2.05) is 41.0 Å². The third-order valence-electron chi connectivity index (χ3n) is 6.66. The van der Waals surface area contributed by atoms with E-state index in [2.05, 4.69) is 16.7 Å². The van der Waals surface area contributed by atoms with Crippen LogP contribution in [0.5, 0.6) is 0 Å². The highest BCUT2D eigenvalue weighted by Crippen LogP contribution is 2.36. The number of cyclic esters (lactones) is 1. The van der Waals surface area contributed by atoms with Gasteiger partial charge in [0.1, 0.15) is 6.10 Å². The normalized spacial score (nSPS) is 21.0. The minimum atomic E-state index is -0.356. The molecule has 3 aliphatic rings. The molecule has 0 aliphatic carbocycles. The second-order valence-electron chi connectivity index (χ2n) is 8.85. The molecule has 4 heterocycles. The van der Waals surface area contributed by atoms with E-state index in [4.69, 9.17) is 4.74 Å². The lowest BCUT2D eigenvalue weighted by Crippen LogP contribution is -2.27. The van der Waals surface area contributed by atoms with Crippen LogP contribution in [0.4, 0.5) is 16.2 Å². The Morgan fingerprint density at radius 2 is 2.00 bits per heavy atom. The summed E-state index contributed by atoms with van der Waals surface area (Å²) in [6.45, 7) is 1.89. The highest BCUT2D eigenvalue weighted by atomic mass is 32.2. The van der Waals surface area contributed by atoms with Gasteiger partial charge in [-0.05, 0) is 54.6 Å². The molecule has 2 atom stereocenters. The number of amides is 2. The van der Waals surface area contributed by atoms with Gasteiger partial charge in [0.25, 0.3) is 5.56 Å². The van der Waals surface area contributed by atoms with Crippen LogP contribution in [0.1, 0.15) is 24.4 Å². The van der Waals surface area contributed by atoms with E-state index in [-0.39, 0.29) is 29.7 Å². The van der Waals surface area contributed by atoms with Crippen molar-refractivity contribution in [3.63, 3.8) is 0 Å². The van der Waals surface area contributed by atoms with Crippen molar-refractivity contribution in [2.75, 3.05) is 29.1 Å². The minimum absolute atomic E-state index is 0.0301. The molecule has 0 saturated carbocycles. The van der Waals surface area contributed by atoms with E-state index < -0.39 is 0 Å². The molecular formula is C25H24N4O4S. The summed E-state index contributed by atoms with van der Waals surface area (Å²) in [5, 5.41) is 7.53. The van der Waals surface area contributed by atoms with Crippen LogP contribution in [0.25, 0.3) is 10.9 Å². The molecule has 0 bridgehead atoms. The van der Waals surface area contributed by atoms with Gasteiger partial charge in [-0.2, -0.15) is 0 Å². The third-order valence-corrected chi connectivity index (χ3v) is 7.73. The Balaban J connectivity index is 1.05. The first-order valence-electron chi connectivity index (χ1n) is 11.5. The average molecular weight is 477 g/mol. The van der Waals surface area contributed by atoms with Crippen LogP contribution < -0.4 is 21.1 Å². The van der Waals surface area contributed by atoms with Crippen molar-refractivity contribution in [1.82, 2.24) is 9.88 Å². The van der Waals surface area contributed by atoms with Crippen molar-refractivity contribution in [3.8, 4) is 0 Å². The number of carbonyl (C=O) groups excluding carboxylic acids is 2. The summed E-state index contributed by atoms with van der Waals surface area (Å²) in [6, 6.07) is 15.4. The maximum atomic E-state index is 12.5. The van der Waals surface area contributed by atoms with Gasteiger partial charge >= 0.3 is 6.09 Å². The van der Waals surface area contributed by atoms with Crippen LogP contribution in [0.3, 0.4) is 0 Å². The monoisotopic (exact) mass is 476 g/mol. The van der Waals surface area contributed by atoms with Gasteiger partial charge in [0.05, 0.1) is 29.5 Å². The number of aromatic nitrogens is 1. The SMILES string of the molecule is O=C1CSc2ccc(N3C[C@@H](CCCN[C@@H]4Cn5c(=O)ccc6cccc4c65)OC3=O)cc2N1. The van der Waals surface area contributed by atoms with Crippen LogP contribution >= 0.6 is 11.8 Å². The first kappa shape index (κ1) is 21.2. The smallest absolute Gasteiger partial charge is 0.414 e. The molecule has 6 rings (SSSR count). The highest BCUT2D eigenvalue weighted by molar-refractivity contribution is 8.00. The fraction of sp³-hybridized carbons (Fsp3) is 0.320. The van der Waals surface area contributed by atoms with Crippen molar-refractivity contribution in [2.24, 2.45) is 0 Å². The Hall–Kier alpha value is -3.30. The number of pyridine rings is 1. The van der Waals surface area contributed by atoms with Gasteiger partial charge in [0.2, 0.25) is 5.91 Å². The van der Waals surface area contributed by atoms with Crippen LogP contribution in [-0.4, -0.2) is 41.5 Å². The number of anilines is 2. The number of hydrogen-bond donors (Lipinski definition) is 2. The first-order chi connectivity index (χ1) is 16.6. The van der Waals surface area contributed by atoms with E-state index >= 15 is 0 Å². The maximum absolute atomic E-state index is 12.5. The minimum Gasteiger partial charge on any atom is -0.444 e. The molecule has 1 aromatic heterocycles. The molecule has 1 fully saturated rings. The molecule has 0 unspecified atom stereocenters. The summed E-state index contributed by atoms with van der Waals surface area (Å²) >= 11 is 1.50. The lowest BCUT2D eigenvalue weighted by atomic mass is 10.1. The van der Waals surface area contributed by atoms with Gasteiger partial charge < -0.3 is 19.9 Å². The standard InChI is InChI=1S/C25H24N4O4S/c30-22-14-34-21-8-7-16(11-19(21)27-22)28-12-17(33-25(28)32)4-2-10-26-20-13-29-23(31)9-6-15-3-1-5-18(20)24(15)29/h1,3,5-9,11,17,20,26H,2,4,10,12-14H2,(H,27,30)/t17-,20-/m1/s1. The van der Waals surface area contributed by atoms with E-state index in [9.17, 15) is 14.4 Å². The fourth-order valence-corrected chi connectivity index (χ4v) is 5.82.